The third-order valence-electron chi connectivity index (χ3n) is 2.87. The van der Waals surface area contributed by atoms with Gasteiger partial charge in [-0.1, -0.05) is 13.0 Å². The molecule has 0 fully saturated rings. The van der Waals surface area contributed by atoms with E-state index in [1.165, 1.54) is 0 Å². The van der Waals surface area contributed by atoms with Crippen LogP contribution >= 0.6 is 0 Å². The molecule has 20 heavy (non-hydrogen) atoms. The van der Waals surface area contributed by atoms with Gasteiger partial charge in [-0.2, -0.15) is 5.26 Å². The summed E-state index contributed by atoms with van der Waals surface area (Å²) in [6.07, 6.45) is 4.11. The molecule has 0 unspecified atom stereocenters. The molecular formula is C16H24N2O2. The van der Waals surface area contributed by atoms with Gasteiger partial charge in [-0.05, 0) is 43.9 Å². The Labute approximate surface area is 121 Å². The normalized spacial score (nSPS) is 10.1. The largest absolute Gasteiger partial charge is 0.493 e. The lowest BCUT2D eigenvalue weighted by molar-refractivity contribution is 0.294. The molecular weight excluding hydrogens is 252 g/mol. The van der Waals surface area contributed by atoms with E-state index in [4.69, 9.17) is 20.5 Å². The minimum Gasteiger partial charge on any atom is -0.493 e. The smallest absolute Gasteiger partial charge is 0.126 e. The maximum atomic E-state index is 8.49. The number of nitrogens with zero attached hydrogens (tertiary/aromatic N) is 1. The molecule has 4 nitrogen and oxygen atoms in total. The number of nitriles is 1. The van der Waals surface area contributed by atoms with Gasteiger partial charge >= 0.3 is 0 Å². The summed E-state index contributed by atoms with van der Waals surface area (Å²) in [5.41, 5.74) is 6.73. The first-order valence-electron chi connectivity index (χ1n) is 7.27. The first kappa shape index (κ1) is 16.3. The topological polar surface area (TPSA) is 68.3 Å². The van der Waals surface area contributed by atoms with Crippen LogP contribution in [0.15, 0.2) is 18.2 Å². The standard InChI is InChI=1S/C16H24N2O2/c1-2-11-19-15-7-6-14(8-10-18)16(13-15)20-12-5-3-4-9-17/h6-7,13H,2-5,8,10-12,18H2,1H3. The van der Waals surface area contributed by atoms with E-state index in [2.05, 4.69) is 13.0 Å². The van der Waals surface area contributed by atoms with Crippen LogP contribution in [0, 0.1) is 11.3 Å². The molecule has 0 aliphatic rings. The summed E-state index contributed by atoms with van der Waals surface area (Å²) in [6.45, 7) is 4.00. The quantitative estimate of drug-likeness (QED) is 0.667. The van der Waals surface area contributed by atoms with Crippen LogP contribution in [0.5, 0.6) is 11.5 Å². The zero-order valence-corrected chi connectivity index (χ0v) is 12.2. The molecule has 1 aromatic carbocycles. The molecule has 4 heteroatoms. The number of benzene rings is 1. The highest BCUT2D eigenvalue weighted by Gasteiger charge is 2.06. The van der Waals surface area contributed by atoms with Crippen molar-refractivity contribution in [3.63, 3.8) is 0 Å². The van der Waals surface area contributed by atoms with Gasteiger partial charge < -0.3 is 15.2 Å². The maximum absolute atomic E-state index is 8.49. The van der Waals surface area contributed by atoms with Gasteiger partial charge in [0.1, 0.15) is 11.5 Å². The minimum absolute atomic E-state index is 0.582. The van der Waals surface area contributed by atoms with Gasteiger partial charge in [0.05, 0.1) is 19.3 Å². The van der Waals surface area contributed by atoms with Gasteiger partial charge in [-0.15, -0.1) is 0 Å². The van der Waals surface area contributed by atoms with Crippen LogP contribution in [0.1, 0.15) is 38.2 Å². The Morgan fingerprint density at radius 2 is 2.05 bits per heavy atom. The monoisotopic (exact) mass is 276 g/mol. The minimum atomic E-state index is 0.582. The van der Waals surface area contributed by atoms with E-state index in [9.17, 15) is 0 Å². The molecule has 2 N–H and O–H groups in total. The van der Waals surface area contributed by atoms with Crippen molar-refractivity contribution >= 4 is 0 Å². The number of unbranched alkanes of at least 4 members (excludes halogenated alkanes) is 2. The number of hydrogen-bond donors (Lipinski definition) is 1. The Kier molecular flexibility index (Phi) is 8.25. The molecule has 0 aliphatic carbocycles. The van der Waals surface area contributed by atoms with Gasteiger partial charge in [0.2, 0.25) is 0 Å². The lowest BCUT2D eigenvalue weighted by atomic mass is 10.1. The highest BCUT2D eigenvalue weighted by molar-refractivity contribution is 5.41. The zero-order valence-electron chi connectivity index (χ0n) is 12.2. The summed E-state index contributed by atoms with van der Waals surface area (Å²) in [4.78, 5) is 0. The lowest BCUT2D eigenvalue weighted by Gasteiger charge is -2.13. The van der Waals surface area contributed by atoms with E-state index >= 15 is 0 Å². The van der Waals surface area contributed by atoms with Crippen molar-refractivity contribution in [3.05, 3.63) is 23.8 Å². The van der Waals surface area contributed by atoms with Crippen molar-refractivity contribution in [1.82, 2.24) is 0 Å². The predicted molar refractivity (Wildman–Crippen MR) is 79.9 cm³/mol. The fraction of sp³-hybridized carbons (Fsp3) is 0.562. The Hall–Kier alpha value is -1.73. The molecule has 0 radical (unpaired) electrons. The van der Waals surface area contributed by atoms with Crippen molar-refractivity contribution in [2.45, 2.75) is 39.0 Å². The lowest BCUT2D eigenvalue weighted by Crippen LogP contribution is -2.07. The van der Waals surface area contributed by atoms with Crippen LogP contribution in [0.3, 0.4) is 0 Å². The molecule has 0 saturated heterocycles. The SMILES string of the molecule is CCCOc1ccc(CCN)c(OCCCCC#N)c1. The number of rotatable bonds is 10. The van der Waals surface area contributed by atoms with Crippen LogP contribution in [0.25, 0.3) is 0 Å². The van der Waals surface area contributed by atoms with E-state index < -0.39 is 0 Å². The van der Waals surface area contributed by atoms with E-state index in [0.717, 1.165) is 42.7 Å². The summed E-state index contributed by atoms with van der Waals surface area (Å²) < 4.78 is 11.4. The average molecular weight is 276 g/mol. The third kappa shape index (κ3) is 5.94. The number of nitrogens with two attached hydrogens (primary N) is 1. The Morgan fingerprint density at radius 3 is 2.75 bits per heavy atom. The molecule has 0 amide bonds. The average Bonchev–Trinajstić information content (AvgIpc) is 2.47. The second-order valence-electron chi connectivity index (χ2n) is 4.62. The van der Waals surface area contributed by atoms with Gasteiger partial charge in [0, 0.05) is 12.5 Å². The Bertz CT molecular complexity index is 427. The van der Waals surface area contributed by atoms with Crippen molar-refractivity contribution in [2.24, 2.45) is 5.73 Å². The van der Waals surface area contributed by atoms with Gasteiger partial charge in [-0.25, -0.2) is 0 Å². The van der Waals surface area contributed by atoms with E-state index in [1.807, 2.05) is 18.2 Å². The van der Waals surface area contributed by atoms with Crippen molar-refractivity contribution < 1.29 is 9.47 Å². The van der Waals surface area contributed by atoms with Gasteiger partial charge in [-0.3, -0.25) is 0 Å². The molecule has 0 atom stereocenters. The molecule has 0 aromatic heterocycles. The fourth-order valence-electron chi connectivity index (χ4n) is 1.83. The van der Waals surface area contributed by atoms with E-state index in [-0.39, 0.29) is 0 Å². The number of ether oxygens (including phenoxy) is 2. The van der Waals surface area contributed by atoms with E-state index in [1.54, 1.807) is 0 Å². The molecule has 1 aromatic rings. The molecule has 1 rings (SSSR count). The first-order valence-corrected chi connectivity index (χ1v) is 7.27. The summed E-state index contributed by atoms with van der Waals surface area (Å²) >= 11 is 0. The Balaban J connectivity index is 2.60. The highest BCUT2D eigenvalue weighted by atomic mass is 16.5. The van der Waals surface area contributed by atoms with Crippen molar-refractivity contribution in [1.29, 1.82) is 5.26 Å². The summed E-state index contributed by atoms with van der Waals surface area (Å²) in [7, 11) is 0. The van der Waals surface area contributed by atoms with Crippen LogP contribution in [-0.2, 0) is 6.42 Å². The van der Waals surface area contributed by atoms with Gasteiger partial charge in [0.15, 0.2) is 0 Å². The molecule has 0 spiro atoms. The molecule has 110 valence electrons. The number of hydrogen-bond acceptors (Lipinski definition) is 4. The Morgan fingerprint density at radius 1 is 1.20 bits per heavy atom. The summed E-state index contributed by atoms with van der Waals surface area (Å²) in [6, 6.07) is 8.05. The maximum Gasteiger partial charge on any atom is 0.126 e. The van der Waals surface area contributed by atoms with Crippen LogP contribution < -0.4 is 15.2 Å². The van der Waals surface area contributed by atoms with Crippen molar-refractivity contribution in [2.75, 3.05) is 19.8 Å². The van der Waals surface area contributed by atoms with E-state index in [0.29, 0.717) is 26.2 Å². The van der Waals surface area contributed by atoms with Crippen LogP contribution in [-0.4, -0.2) is 19.8 Å². The summed E-state index contributed by atoms with van der Waals surface area (Å²) in [5, 5.41) is 8.49. The predicted octanol–water partition coefficient (Wildman–Crippen LogP) is 3.05. The molecule has 0 heterocycles. The fourth-order valence-corrected chi connectivity index (χ4v) is 1.83. The second-order valence-corrected chi connectivity index (χ2v) is 4.62. The van der Waals surface area contributed by atoms with Crippen LogP contribution in [0.4, 0.5) is 0 Å². The second kappa shape index (κ2) is 10.1. The molecule has 0 saturated carbocycles. The highest BCUT2D eigenvalue weighted by Crippen LogP contribution is 2.25. The molecule has 0 aliphatic heterocycles. The first-order chi connectivity index (χ1) is 9.81. The third-order valence-corrected chi connectivity index (χ3v) is 2.87. The molecule has 0 bridgehead atoms. The van der Waals surface area contributed by atoms with Crippen molar-refractivity contribution in [3.8, 4) is 17.6 Å². The van der Waals surface area contributed by atoms with Crippen LogP contribution in [0.2, 0.25) is 0 Å². The zero-order chi connectivity index (χ0) is 14.6. The van der Waals surface area contributed by atoms with Gasteiger partial charge in [0.25, 0.3) is 0 Å². The summed E-state index contributed by atoms with van der Waals surface area (Å²) in [5.74, 6) is 1.68.